The molecule has 1 unspecified atom stereocenters. The average molecular weight is 158 g/mol. The molecule has 0 amide bonds. The van der Waals surface area contributed by atoms with Gasteiger partial charge >= 0.3 is 0 Å². The van der Waals surface area contributed by atoms with E-state index in [0.717, 1.165) is 0 Å². The maximum atomic E-state index is 5.27. The number of terminal acetylenes is 1. The number of nitrogens with one attached hydrogen (secondary N) is 1. The first-order chi connectivity index (χ1) is 4.35. The molecule has 2 heteroatoms. The summed E-state index contributed by atoms with van der Waals surface area (Å²) < 4.78 is 0. The molecule has 1 atom stereocenters. The Morgan fingerprint density at radius 2 is 2.20 bits per heavy atom. The van der Waals surface area contributed by atoms with Crippen LogP contribution in [0.1, 0.15) is 19.3 Å². The van der Waals surface area contributed by atoms with Crippen molar-refractivity contribution in [1.82, 2.24) is 5.32 Å². The maximum Gasteiger partial charge on any atom is 0.0692 e. The average Bonchev–Trinajstić information content (AvgIpc) is 2.44. The van der Waals surface area contributed by atoms with Crippen LogP contribution >= 0.6 is 12.4 Å². The minimum atomic E-state index is 0. The summed E-state index contributed by atoms with van der Waals surface area (Å²) in [4.78, 5) is 0. The zero-order valence-electron chi connectivity index (χ0n) is 5.89. The minimum Gasteiger partial charge on any atom is -0.303 e. The van der Waals surface area contributed by atoms with Gasteiger partial charge in [-0.05, 0) is 24.7 Å². The van der Waals surface area contributed by atoms with E-state index in [-0.39, 0.29) is 12.4 Å². The lowest BCUT2D eigenvalue weighted by Gasteiger charge is -1.98. The molecule has 2 rings (SSSR count). The van der Waals surface area contributed by atoms with E-state index in [2.05, 4.69) is 11.2 Å². The smallest absolute Gasteiger partial charge is 0.0692 e. The predicted octanol–water partition coefficient (Wildman–Crippen LogP) is 1.18. The largest absolute Gasteiger partial charge is 0.303 e. The molecular formula is C8H12ClN. The molecule has 1 nitrogen and oxygen atoms in total. The summed E-state index contributed by atoms with van der Waals surface area (Å²) in [6.45, 7) is 1.17. The monoisotopic (exact) mass is 157 g/mol. The van der Waals surface area contributed by atoms with E-state index in [1.165, 1.54) is 25.8 Å². The fourth-order valence-corrected chi connectivity index (χ4v) is 1.59. The molecule has 56 valence electrons. The molecule has 1 heterocycles. The Bertz CT molecular complexity index is 167. The first-order valence-corrected chi connectivity index (χ1v) is 3.54. The van der Waals surface area contributed by atoms with Crippen molar-refractivity contribution in [1.29, 1.82) is 0 Å². The molecule has 2 fully saturated rings. The SMILES string of the molecule is C#CC1CC2(CC2)CN1.Cl. The van der Waals surface area contributed by atoms with Gasteiger partial charge in [0.05, 0.1) is 6.04 Å². The van der Waals surface area contributed by atoms with Crippen LogP contribution in [0.15, 0.2) is 0 Å². The lowest BCUT2D eigenvalue weighted by Crippen LogP contribution is -2.18. The van der Waals surface area contributed by atoms with E-state index in [4.69, 9.17) is 6.42 Å². The standard InChI is InChI=1S/C8H11N.ClH/c1-2-7-5-8(3-4-8)6-9-7;/h1,7,9H,3-6H2;1H. The maximum absolute atomic E-state index is 5.27. The summed E-state index contributed by atoms with van der Waals surface area (Å²) in [6.07, 6.45) is 9.30. The second-order valence-corrected chi connectivity index (χ2v) is 3.30. The molecule has 1 aliphatic carbocycles. The second-order valence-electron chi connectivity index (χ2n) is 3.30. The molecule has 0 bridgehead atoms. The molecule has 2 aliphatic rings. The first-order valence-electron chi connectivity index (χ1n) is 3.54. The predicted molar refractivity (Wildman–Crippen MR) is 44.2 cm³/mol. The molecule has 1 aliphatic heterocycles. The highest BCUT2D eigenvalue weighted by molar-refractivity contribution is 5.85. The van der Waals surface area contributed by atoms with Crippen LogP contribution in [0, 0.1) is 17.8 Å². The van der Waals surface area contributed by atoms with Crippen LogP contribution in [0.2, 0.25) is 0 Å². The Labute approximate surface area is 68.0 Å². The van der Waals surface area contributed by atoms with Gasteiger partial charge in [-0.25, -0.2) is 0 Å². The molecule has 1 N–H and O–H groups in total. The van der Waals surface area contributed by atoms with E-state index in [1.807, 2.05) is 0 Å². The fraction of sp³-hybridized carbons (Fsp3) is 0.750. The van der Waals surface area contributed by atoms with Crippen molar-refractivity contribution >= 4 is 12.4 Å². The molecule has 1 spiro atoms. The van der Waals surface area contributed by atoms with Crippen molar-refractivity contribution in [2.75, 3.05) is 6.54 Å². The zero-order chi connectivity index (χ0) is 6.32. The Hall–Kier alpha value is -0.190. The van der Waals surface area contributed by atoms with Gasteiger partial charge in [0, 0.05) is 6.54 Å². The van der Waals surface area contributed by atoms with Gasteiger partial charge < -0.3 is 5.32 Å². The van der Waals surface area contributed by atoms with Crippen molar-refractivity contribution in [3.8, 4) is 12.3 Å². The van der Waals surface area contributed by atoms with Crippen LogP contribution < -0.4 is 5.32 Å². The van der Waals surface area contributed by atoms with Gasteiger partial charge in [0.1, 0.15) is 0 Å². The third kappa shape index (κ3) is 1.14. The molecule has 0 radical (unpaired) electrons. The topological polar surface area (TPSA) is 12.0 Å². The Morgan fingerprint density at radius 1 is 1.50 bits per heavy atom. The summed E-state index contributed by atoms with van der Waals surface area (Å²) in [5, 5.41) is 3.32. The van der Waals surface area contributed by atoms with Crippen molar-refractivity contribution < 1.29 is 0 Å². The molecule has 0 aromatic rings. The van der Waals surface area contributed by atoms with Crippen LogP contribution in [-0.4, -0.2) is 12.6 Å². The van der Waals surface area contributed by atoms with Gasteiger partial charge in [-0.15, -0.1) is 18.8 Å². The van der Waals surface area contributed by atoms with Gasteiger partial charge in [0.15, 0.2) is 0 Å². The van der Waals surface area contributed by atoms with Gasteiger partial charge in [0.25, 0.3) is 0 Å². The summed E-state index contributed by atoms with van der Waals surface area (Å²) in [6, 6.07) is 0.382. The molecule has 1 saturated carbocycles. The van der Waals surface area contributed by atoms with E-state index in [9.17, 15) is 0 Å². The lowest BCUT2D eigenvalue weighted by molar-refractivity contribution is 0.567. The number of rotatable bonds is 0. The van der Waals surface area contributed by atoms with E-state index in [1.54, 1.807) is 0 Å². The minimum absolute atomic E-state index is 0. The van der Waals surface area contributed by atoms with Crippen molar-refractivity contribution in [2.45, 2.75) is 25.3 Å². The number of hydrogen-bond donors (Lipinski definition) is 1. The van der Waals surface area contributed by atoms with E-state index in [0.29, 0.717) is 11.5 Å². The quantitative estimate of drug-likeness (QED) is 0.521. The van der Waals surface area contributed by atoms with Crippen molar-refractivity contribution in [2.24, 2.45) is 5.41 Å². The summed E-state index contributed by atoms with van der Waals surface area (Å²) >= 11 is 0. The summed E-state index contributed by atoms with van der Waals surface area (Å²) in [7, 11) is 0. The van der Waals surface area contributed by atoms with Crippen molar-refractivity contribution in [3.63, 3.8) is 0 Å². The molecule has 0 aromatic carbocycles. The van der Waals surface area contributed by atoms with Crippen molar-refractivity contribution in [3.05, 3.63) is 0 Å². The third-order valence-electron chi connectivity index (χ3n) is 2.52. The third-order valence-corrected chi connectivity index (χ3v) is 2.52. The summed E-state index contributed by atoms with van der Waals surface area (Å²) in [5.74, 6) is 2.75. The number of hydrogen-bond acceptors (Lipinski definition) is 1. The van der Waals surface area contributed by atoms with E-state index >= 15 is 0 Å². The normalized spacial score (nSPS) is 32.9. The van der Waals surface area contributed by atoms with E-state index < -0.39 is 0 Å². The molecule has 1 saturated heterocycles. The van der Waals surface area contributed by atoms with Crippen LogP contribution in [0.25, 0.3) is 0 Å². The Balaban J connectivity index is 0.000000500. The number of halogens is 1. The van der Waals surface area contributed by atoms with Gasteiger partial charge in [0.2, 0.25) is 0 Å². The molecule has 0 aromatic heterocycles. The molecule has 10 heavy (non-hydrogen) atoms. The zero-order valence-corrected chi connectivity index (χ0v) is 6.71. The Kier molecular flexibility index (Phi) is 1.94. The molecular weight excluding hydrogens is 146 g/mol. The van der Waals surface area contributed by atoms with Crippen LogP contribution in [0.4, 0.5) is 0 Å². The highest BCUT2D eigenvalue weighted by Crippen LogP contribution is 2.51. The van der Waals surface area contributed by atoms with Gasteiger partial charge in [-0.1, -0.05) is 5.92 Å². The van der Waals surface area contributed by atoms with Crippen LogP contribution in [0.3, 0.4) is 0 Å². The fourth-order valence-electron chi connectivity index (χ4n) is 1.59. The second kappa shape index (κ2) is 2.45. The lowest BCUT2D eigenvalue weighted by atomic mass is 10.0. The van der Waals surface area contributed by atoms with Crippen LogP contribution in [0.5, 0.6) is 0 Å². The van der Waals surface area contributed by atoms with Crippen LogP contribution in [-0.2, 0) is 0 Å². The van der Waals surface area contributed by atoms with Gasteiger partial charge in [-0.2, -0.15) is 0 Å². The Morgan fingerprint density at radius 3 is 2.50 bits per heavy atom. The summed E-state index contributed by atoms with van der Waals surface area (Å²) in [5.41, 5.74) is 0.664. The first kappa shape index (κ1) is 7.91. The highest BCUT2D eigenvalue weighted by Gasteiger charge is 2.47. The highest BCUT2D eigenvalue weighted by atomic mass is 35.5. The van der Waals surface area contributed by atoms with Gasteiger partial charge in [-0.3, -0.25) is 0 Å².